The maximum atomic E-state index is 10.6. The smallest absolute Gasteiger partial charge is 0.335 e. The van der Waals surface area contributed by atoms with Gasteiger partial charge in [-0.05, 0) is 37.1 Å². The molecule has 1 aromatic rings. The van der Waals surface area contributed by atoms with E-state index in [1.807, 2.05) is 0 Å². The summed E-state index contributed by atoms with van der Waals surface area (Å²) in [4.78, 5) is 10.6. The topological polar surface area (TPSA) is 85.2 Å². The van der Waals surface area contributed by atoms with E-state index in [1.54, 1.807) is 24.3 Å². The fourth-order valence-electron chi connectivity index (χ4n) is 2.35. The van der Waals surface area contributed by atoms with Crippen molar-refractivity contribution in [2.24, 2.45) is 11.8 Å². The van der Waals surface area contributed by atoms with Crippen LogP contribution >= 0.6 is 0 Å². The highest BCUT2D eigenvalue weighted by Crippen LogP contribution is 2.17. The quantitative estimate of drug-likeness (QED) is 0.859. The van der Waals surface area contributed by atoms with Gasteiger partial charge in [-0.3, -0.25) is 0 Å². The van der Waals surface area contributed by atoms with Gasteiger partial charge in [-0.25, -0.2) is 4.79 Å². The van der Waals surface area contributed by atoms with Gasteiger partial charge >= 0.3 is 5.97 Å². The highest BCUT2D eigenvalue weighted by atomic mass is 16.5. The normalized spacial score (nSPS) is 23.2. The average molecular weight is 324 g/mol. The van der Waals surface area contributed by atoms with Crippen LogP contribution in [0.5, 0.6) is 5.75 Å². The van der Waals surface area contributed by atoms with Gasteiger partial charge in [-0.15, -0.1) is 0 Å². The summed E-state index contributed by atoms with van der Waals surface area (Å²) in [6.45, 7) is 4.09. The minimum atomic E-state index is -0.921. The van der Waals surface area contributed by atoms with Crippen molar-refractivity contribution in [2.75, 3.05) is 39.6 Å². The van der Waals surface area contributed by atoms with Crippen molar-refractivity contribution in [1.82, 2.24) is 0 Å². The summed E-state index contributed by atoms with van der Waals surface area (Å²) in [6, 6.07) is 6.45. The van der Waals surface area contributed by atoms with E-state index in [1.165, 1.54) is 0 Å². The predicted octanol–water partition coefficient (Wildman–Crippen LogP) is 1.82. The van der Waals surface area contributed by atoms with Gasteiger partial charge in [0.25, 0.3) is 0 Å². The lowest BCUT2D eigenvalue weighted by Crippen LogP contribution is -2.11. The molecule has 6 heteroatoms. The molecule has 0 amide bonds. The molecule has 2 fully saturated rings. The Hall–Kier alpha value is -1.63. The largest absolute Gasteiger partial charge is 0.493 e. The Balaban J connectivity index is 0.000000229. The van der Waals surface area contributed by atoms with Crippen LogP contribution < -0.4 is 4.74 Å². The minimum Gasteiger partial charge on any atom is -0.493 e. The van der Waals surface area contributed by atoms with Crippen LogP contribution in [0.1, 0.15) is 23.2 Å². The van der Waals surface area contributed by atoms with Gasteiger partial charge < -0.3 is 24.4 Å². The molecule has 2 saturated heterocycles. The SMILES string of the molecule is O=C(O)c1ccc(OCC2CCOC2)cc1.OCC1CCOC1. The molecular formula is C17H24O6. The first-order valence-electron chi connectivity index (χ1n) is 7.91. The van der Waals surface area contributed by atoms with E-state index in [-0.39, 0.29) is 5.56 Å². The molecule has 0 aromatic heterocycles. The molecule has 1 aromatic carbocycles. The van der Waals surface area contributed by atoms with Gasteiger partial charge in [0.15, 0.2) is 0 Å². The van der Waals surface area contributed by atoms with Gasteiger partial charge in [-0.2, -0.15) is 0 Å². The van der Waals surface area contributed by atoms with Crippen LogP contribution in [0.2, 0.25) is 0 Å². The molecule has 3 rings (SSSR count). The predicted molar refractivity (Wildman–Crippen MR) is 83.8 cm³/mol. The lowest BCUT2D eigenvalue weighted by molar-refractivity contribution is 0.0697. The van der Waals surface area contributed by atoms with Crippen molar-refractivity contribution < 1.29 is 29.2 Å². The minimum absolute atomic E-state index is 0.275. The highest BCUT2D eigenvalue weighted by molar-refractivity contribution is 5.87. The molecule has 2 N–H and O–H groups in total. The summed E-state index contributed by atoms with van der Waals surface area (Å²) in [5, 5.41) is 17.2. The second-order valence-corrected chi connectivity index (χ2v) is 5.78. The second kappa shape index (κ2) is 9.50. The third-order valence-electron chi connectivity index (χ3n) is 3.89. The van der Waals surface area contributed by atoms with Gasteiger partial charge in [0.2, 0.25) is 0 Å². The third-order valence-corrected chi connectivity index (χ3v) is 3.89. The van der Waals surface area contributed by atoms with Crippen molar-refractivity contribution in [1.29, 1.82) is 0 Å². The standard InChI is InChI=1S/C12H14O4.C5H10O2/c13-12(14)10-1-3-11(4-2-10)16-8-9-5-6-15-7-9;6-3-5-1-2-7-4-5/h1-4,9H,5-8H2,(H,13,14);5-6H,1-4H2. The van der Waals surface area contributed by atoms with Crippen molar-refractivity contribution in [3.63, 3.8) is 0 Å². The fourth-order valence-corrected chi connectivity index (χ4v) is 2.35. The number of benzene rings is 1. The molecule has 2 aliphatic rings. The summed E-state index contributed by atoms with van der Waals surface area (Å²) in [5.74, 6) is 0.673. The van der Waals surface area contributed by atoms with Gasteiger partial charge in [0.05, 0.1) is 25.4 Å². The molecule has 6 nitrogen and oxygen atoms in total. The Morgan fingerprint density at radius 1 is 1.09 bits per heavy atom. The maximum absolute atomic E-state index is 10.6. The van der Waals surface area contributed by atoms with Crippen LogP contribution in [0.25, 0.3) is 0 Å². The molecule has 23 heavy (non-hydrogen) atoms. The molecule has 0 saturated carbocycles. The molecule has 2 heterocycles. The molecule has 0 radical (unpaired) electrons. The second-order valence-electron chi connectivity index (χ2n) is 5.78. The molecular weight excluding hydrogens is 300 g/mol. The number of aliphatic hydroxyl groups excluding tert-OH is 1. The van der Waals surface area contributed by atoms with Gasteiger partial charge in [0, 0.05) is 31.7 Å². The molecule has 0 spiro atoms. The zero-order valence-corrected chi connectivity index (χ0v) is 13.1. The zero-order chi connectivity index (χ0) is 16.5. The Morgan fingerprint density at radius 3 is 2.13 bits per heavy atom. The van der Waals surface area contributed by atoms with E-state index in [0.717, 1.165) is 39.3 Å². The summed E-state index contributed by atoms with van der Waals surface area (Å²) in [7, 11) is 0. The lowest BCUT2D eigenvalue weighted by atomic mass is 10.1. The molecule has 2 aliphatic heterocycles. The number of carboxylic acids is 1. The van der Waals surface area contributed by atoms with Crippen LogP contribution in [0.15, 0.2) is 24.3 Å². The first kappa shape index (κ1) is 17.7. The Bertz CT molecular complexity index is 460. The summed E-state index contributed by atoms with van der Waals surface area (Å²) in [6.07, 6.45) is 2.07. The van der Waals surface area contributed by atoms with Crippen LogP contribution in [0, 0.1) is 11.8 Å². The summed E-state index contributed by atoms with van der Waals surface area (Å²) in [5.41, 5.74) is 0.275. The molecule has 128 valence electrons. The first-order chi connectivity index (χ1) is 11.2. The van der Waals surface area contributed by atoms with Crippen LogP contribution in [-0.4, -0.2) is 55.8 Å². The fraction of sp³-hybridized carbons (Fsp3) is 0.588. The number of carboxylic acid groups (broad SMARTS) is 1. The molecule has 0 bridgehead atoms. The monoisotopic (exact) mass is 324 g/mol. The van der Waals surface area contributed by atoms with Crippen molar-refractivity contribution in [3.05, 3.63) is 29.8 Å². The van der Waals surface area contributed by atoms with E-state index >= 15 is 0 Å². The van der Waals surface area contributed by atoms with Crippen LogP contribution in [0.3, 0.4) is 0 Å². The van der Waals surface area contributed by atoms with Crippen molar-refractivity contribution in [3.8, 4) is 5.75 Å². The molecule has 0 aliphatic carbocycles. The maximum Gasteiger partial charge on any atom is 0.335 e. The molecule has 2 unspecified atom stereocenters. The number of hydrogen-bond acceptors (Lipinski definition) is 5. The number of carbonyl (C=O) groups is 1. The Labute approximate surface area is 136 Å². The number of ether oxygens (including phenoxy) is 3. The van der Waals surface area contributed by atoms with E-state index in [0.29, 0.717) is 30.8 Å². The number of aromatic carboxylic acids is 1. The lowest BCUT2D eigenvalue weighted by Gasteiger charge is -2.10. The van der Waals surface area contributed by atoms with E-state index in [4.69, 9.17) is 24.4 Å². The van der Waals surface area contributed by atoms with E-state index in [2.05, 4.69) is 0 Å². The van der Waals surface area contributed by atoms with Gasteiger partial charge in [-0.1, -0.05) is 0 Å². The third kappa shape index (κ3) is 6.17. The number of aliphatic hydroxyl groups is 1. The summed E-state index contributed by atoms with van der Waals surface area (Å²) < 4.78 is 15.8. The zero-order valence-electron chi connectivity index (χ0n) is 13.1. The molecule has 2 atom stereocenters. The van der Waals surface area contributed by atoms with E-state index < -0.39 is 5.97 Å². The van der Waals surface area contributed by atoms with Crippen molar-refractivity contribution >= 4 is 5.97 Å². The highest BCUT2D eigenvalue weighted by Gasteiger charge is 2.16. The summed E-state index contributed by atoms with van der Waals surface area (Å²) >= 11 is 0. The van der Waals surface area contributed by atoms with Gasteiger partial charge in [0.1, 0.15) is 5.75 Å². The van der Waals surface area contributed by atoms with Crippen molar-refractivity contribution in [2.45, 2.75) is 12.8 Å². The Morgan fingerprint density at radius 2 is 1.70 bits per heavy atom. The van der Waals surface area contributed by atoms with Crippen LogP contribution in [0.4, 0.5) is 0 Å². The average Bonchev–Trinajstić information content (AvgIpc) is 3.27. The number of hydrogen-bond donors (Lipinski definition) is 2. The van der Waals surface area contributed by atoms with Crippen LogP contribution in [-0.2, 0) is 9.47 Å². The Kier molecular flexibility index (Phi) is 7.32. The first-order valence-corrected chi connectivity index (χ1v) is 7.91. The number of rotatable bonds is 5. The van der Waals surface area contributed by atoms with E-state index in [9.17, 15) is 4.79 Å².